The van der Waals surface area contributed by atoms with Gasteiger partial charge in [0.15, 0.2) is 6.10 Å². The maximum atomic E-state index is 12.8. The number of hydrogen-bond acceptors (Lipinski definition) is 4. The minimum atomic E-state index is -0.974. The van der Waals surface area contributed by atoms with Crippen LogP contribution in [0.5, 0.6) is 0 Å². The standard InChI is InChI=1S/C30H31N3O4/c1-3-4-17-31-30(36)37-27(26-16-9-19(2)28-32-25(18-33(26)28)21-12-13-21)22-14-10-20(11-15-22)23-7-5-6-8-24(23)29(34)35/h5-11,14-16,18,21,27H,3-4,12-13,17H2,1-2H3,(H,31,36)(H,34,35)/t27-/m1/s1. The number of ether oxygens (including phenoxy) is 1. The van der Waals surface area contributed by atoms with Crippen LogP contribution in [0.4, 0.5) is 4.79 Å². The number of aryl methyl sites for hydroxylation is 1. The monoisotopic (exact) mass is 497 g/mol. The SMILES string of the molecule is CCCCNC(=O)O[C@H](c1ccc(-c2ccccc2C(=O)O)cc1)c1ccc(C)c2nc(C3CC3)cn12. The molecule has 0 aliphatic heterocycles. The van der Waals surface area contributed by atoms with Crippen molar-refractivity contribution >= 4 is 17.7 Å². The summed E-state index contributed by atoms with van der Waals surface area (Å²) in [5.41, 5.74) is 6.25. The van der Waals surface area contributed by atoms with E-state index >= 15 is 0 Å². The van der Waals surface area contributed by atoms with Gasteiger partial charge in [-0.15, -0.1) is 0 Å². The number of rotatable bonds is 9. The molecule has 0 unspecified atom stereocenters. The second-order valence-electron chi connectivity index (χ2n) is 9.61. The van der Waals surface area contributed by atoms with Gasteiger partial charge in [-0.25, -0.2) is 14.6 Å². The number of carboxylic acids is 1. The number of carbonyl (C=O) groups is 2. The van der Waals surface area contributed by atoms with Crippen molar-refractivity contribution in [3.8, 4) is 11.1 Å². The third-order valence-electron chi connectivity index (χ3n) is 6.83. The van der Waals surface area contributed by atoms with E-state index < -0.39 is 18.2 Å². The Morgan fingerprint density at radius 2 is 1.86 bits per heavy atom. The van der Waals surface area contributed by atoms with Crippen LogP contribution in [0.3, 0.4) is 0 Å². The summed E-state index contributed by atoms with van der Waals surface area (Å²) in [6.45, 7) is 4.65. The number of aromatic carboxylic acids is 1. The molecule has 0 spiro atoms. The fourth-order valence-electron chi connectivity index (χ4n) is 4.60. The topological polar surface area (TPSA) is 92.9 Å². The summed E-state index contributed by atoms with van der Waals surface area (Å²) in [4.78, 5) is 29.4. The average molecular weight is 498 g/mol. The number of benzene rings is 2. The molecule has 1 aliphatic carbocycles. The normalized spacial score (nSPS) is 13.9. The van der Waals surface area contributed by atoms with Crippen LogP contribution in [-0.2, 0) is 4.74 Å². The van der Waals surface area contributed by atoms with E-state index in [2.05, 4.69) is 18.4 Å². The van der Waals surface area contributed by atoms with Crippen molar-refractivity contribution in [1.82, 2.24) is 14.7 Å². The van der Waals surface area contributed by atoms with Gasteiger partial charge >= 0.3 is 12.1 Å². The van der Waals surface area contributed by atoms with E-state index in [0.717, 1.165) is 59.4 Å². The molecule has 7 nitrogen and oxygen atoms in total. The highest BCUT2D eigenvalue weighted by atomic mass is 16.6. The lowest BCUT2D eigenvalue weighted by atomic mass is 9.97. The summed E-state index contributed by atoms with van der Waals surface area (Å²) in [7, 11) is 0. The van der Waals surface area contributed by atoms with Crippen molar-refractivity contribution < 1.29 is 19.4 Å². The molecule has 2 heterocycles. The third kappa shape index (κ3) is 5.21. The van der Waals surface area contributed by atoms with E-state index in [9.17, 15) is 14.7 Å². The molecular weight excluding hydrogens is 466 g/mol. The van der Waals surface area contributed by atoms with E-state index in [1.165, 1.54) is 0 Å². The minimum absolute atomic E-state index is 0.240. The first-order chi connectivity index (χ1) is 18.0. The molecule has 7 heteroatoms. The molecule has 0 radical (unpaired) electrons. The van der Waals surface area contributed by atoms with E-state index in [0.29, 0.717) is 18.0 Å². The second-order valence-corrected chi connectivity index (χ2v) is 9.61. The van der Waals surface area contributed by atoms with Crippen LogP contribution in [0.25, 0.3) is 16.8 Å². The van der Waals surface area contributed by atoms with Crippen molar-refractivity contribution in [2.24, 2.45) is 0 Å². The largest absolute Gasteiger partial charge is 0.478 e. The average Bonchev–Trinajstić information content (AvgIpc) is 3.66. The smallest absolute Gasteiger partial charge is 0.408 e. The summed E-state index contributed by atoms with van der Waals surface area (Å²) < 4.78 is 8.06. The number of unbranched alkanes of at least 4 members (excludes halogenated alkanes) is 1. The fourth-order valence-corrected chi connectivity index (χ4v) is 4.60. The molecule has 5 rings (SSSR count). The number of nitrogens with zero attached hydrogens (tertiary/aromatic N) is 2. The van der Waals surface area contributed by atoms with Crippen LogP contribution in [0, 0.1) is 6.92 Å². The molecule has 37 heavy (non-hydrogen) atoms. The van der Waals surface area contributed by atoms with Crippen LogP contribution < -0.4 is 5.32 Å². The van der Waals surface area contributed by atoms with Crippen molar-refractivity contribution in [3.63, 3.8) is 0 Å². The van der Waals surface area contributed by atoms with E-state index in [1.54, 1.807) is 18.2 Å². The number of carbonyl (C=O) groups excluding carboxylic acids is 1. The summed E-state index contributed by atoms with van der Waals surface area (Å²) in [5.74, 6) is -0.476. The van der Waals surface area contributed by atoms with Crippen molar-refractivity contribution in [1.29, 1.82) is 0 Å². The molecule has 1 saturated carbocycles. The predicted octanol–water partition coefficient (Wildman–Crippen LogP) is 6.50. The summed E-state index contributed by atoms with van der Waals surface area (Å²) >= 11 is 0. The highest BCUT2D eigenvalue weighted by Gasteiger charge is 2.29. The van der Waals surface area contributed by atoms with Gasteiger partial charge < -0.3 is 15.2 Å². The van der Waals surface area contributed by atoms with Crippen LogP contribution >= 0.6 is 0 Å². The van der Waals surface area contributed by atoms with Crippen molar-refractivity contribution in [3.05, 3.63) is 94.9 Å². The van der Waals surface area contributed by atoms with Crippen LogP contribution in [-0.4, -0.2) is 33.1 Å². The zero-order valence-corrected chi connectivity index (χ0v) is 21.1. The summed E-state index contributed by atoms with van der Waals surface area (Å²) in [5, 5.41) is 12.5. The van der Waals surface area contributed by atoms with Gasteiger partial charge in [0.05, 0.1) is 17.0 Å². The maximum Gasteiger partial charge on any atom is 0.408 e. The number of aromatic nitrogens is 2. The lowest BCUT2D eigenvalue weighted by molar-refractivity contribution is 0.0697. The molecular formula is C30H31N3O4. The Kier molecular flexibility index (Phi) is 6.95. The Bertz CT molecular complexity index is 1440. The lowest BCUT2D eigenvalue weighted by Gasteiger charge is -2.21. The zero-order chi connectivity index (χ0) is 25.9. The molecule has 0 bridgehead atoms. The van der Waals surface area contributed by atoms with Crippen molar-refractivity contribution in [2.75, 3.05) is 6.54 Å². The van der Waals surface area contributed by atoms with E-state index in [1.807, 2.05) is 53.8 Å². The molecule has 1 fully saturated rings. The van der Waals surface area contributed by atoms with Gasteiger partial charge in [0.1, 0.15) is 5.65 Å². The van der Waals surface area contributed by atoms with Gasteiger partial charge in [-0.3, -0.25) is 4.40 Å². The Balaban J connectivity index is 1.54. The first-order valence-corrected chi connectivity index (χ1v) is 12.8. The zero-order valence-electron chi connectivity index (χ0n) is 21.1. The van der Waals surface area contributed by atoms with E-state index in [-0.39, 0.29) is 5.56 Å². The predicted molar refractivity (Wildman–Crippen MR) is 142 cm³/mol. The minimum Gasteiger partial charge on any atom is -0.478 e. The molecule has 0 saturated heterocycles. The molecule has 2 aromatic heterocycles. The lowest BCUT2D eigenvalue weighted by Crippen LogP contribution is -2.28. The Morgan fingerprint density at radius 1 is 1.11 bits per heavy atom. The van der Waals surface area contributed by atoms with Crippen LogP contribution in [0.2, 0.25) is 0 Å². The van der Waals surface area contributed by atoms with Crippen LogP contribution in [0.1, 0.15) is 77.5 Å². The van der Waals surface area contributed by atoms with Gasteiger partial charge in [0, 0.05) is 18.7 Å². The fraction of sp³-hybridized carbons (Fsp3) is 0.300. The van der Waals surface area contributed by atoms with Gasteiger partial charge in [0.2, 0.25) is 0 Å². The van der Waals surface area contributed by atoms with Crippen molar-refractivity contribution in [2.45, 2.75) is 51.6 Å². The van der Waals surface area contributed by atoms with Gasteiger partial charge in [-0.1, -0.05) is 61.9 Å². The molecule has 2 N–H and O–H groups in total. The van der Waals surface area contributed by atoms with Gasteiger partial charge in [0.25, 0.3) is 0 Å². The Hall–Kier alpha value is -4.13. The quantitative estimate of drug-likeness (QED) is 0.258. The number of pyridine rings is 1. The third-order valence-corrected chi connectivity index (χ3v) is 6.83. The number of alkyl carbamates (subject to hydrolysis) is 1. The summed E-state index contributed by atoms with van der Waals surface area (Å²) in [6.07, 6.45) is 5.07. The maximum absolute atomic E-state index is 12.8. The van der Waals surface area contributed by atoms with Gasteiger partial charge in [-0.05, 0) is 60.6 Å². The molecule has 190 valence electrons. The van der Waals surface area contributed by atoms with Crippen LogP contribution in [0.15, 0.2) is 66.9 Å². The number of carboxylic acid groups (broad SMARTS) is 1. The highest BCUT2D eigenvalue weighted by Crippen LogP contribution is 2.40. The first kappa shape index (κ1) is 24.6. The molecule has 1 amide bonds. The highest BCUT2D eigenvalue weighted by molar-refractivity contribution is 5.96. The van der Waals surface area contributed by atoms with Gasteiger partial charge in [-0.2, -0.15) is 0 Å². The summed E-state index contributed by atoms with van der Waals surface area (Å²) in [6, 6.07) is 18.4. The molecule has 1 aliphatic rings. The van der Waals surface area contributed by atoms with E-state index in [4.69, 9.17) is 9.72 Å². The number of imidazole rings is 1. The second kappa shape index (κ2) is 10.5. The molecule has 1 atom stereocenters. The first-order valence-electron chi connectivity index (χ1n) is 12.8. The Labute approximate surface area is 216 Å². The number of amides is 1. The molecule has 2 aromatic carbocycles. The number of nitrogens with one attached hydrogen (secondary N) is 1. The number of fused-ring (bicyclic) bond motifs is 1. The number of hydrogen-bond donors (Lipinski definition) is 2. The Morgan fingerprint density at radius 3 is 2.57 bits per heavy atom. The molecule has 4 aromatic rings.